The molecule has 1 aromatic rings. The average Bonchev–Trinajstić information content (AvgIpc) is 2.48. The second-order valence-corrected chi connectivity index (χ2v) is 6.01. The first kappa shape index (κ1) is 15.7. The molecule has 112 valence electrons. The molecule has 1 N–H and O–H groups in total. The number of rotatable bonds is 4. The van der Waals surface area contributed by atoms with Crippen molar-refractivity contribution in [3.63, 3.8) is 0 Å². The van der Waals surface area contributed by atoms with E-state index in [2.05, 4.69) is 11.0 Å². The molecule has 0 saturated carbocycles. The van der Waals surface area contributed by atoms with Gasteiger partial charge >= 0.3 is 5.97 Å². The van der Waals surface area contributed by atoms with E-state index in [1.54, 1.807) is 12.1 Å². The van der Waals surface area contributed by atoms with Crippen molar-refractivity contribution in [1.29, 1.82) is 5.26 Å². The molecule has 1 saturated heterocycles. The highest BCUT2D eigenvalue weighted by Crippen LogP contribution is 2.39. The summed E-state index contributed by atoms with van der Waals surface area (Å²) in [5, 5.41) is 18.9. The van der Waals surface area contributed by atoms with Gasteiger partial charge in [0, 0.05) is 13.1 Å². The quantitative estimate of drug-likeness (QED) is 0.921. The van der Waals surface area contributed by atoms with E-state index in [9.17, 15) is 9.90 Å². The Morgan fingerprint density at radius 3 is 2.62 bits per heavy atom. The smallest absolute Gasteiger partial charge is 0.309 e. The van der Waals surface area contributed by atoms with Crippen LogP contribution in [0.1, 0.15) is 38.2 Å². The highest BCUT2D eigenvalue weighted by molar-refractivity contribution is 6.33. The number of nitrogens with zero attached hydrogens (tertiary/aromatic N) is 2. The topological polar surface area (TPSA) is 64.3 Å². The number of hydrogen-bond acceptors (Lipinski definition) is 3. The zero-order valence-electron chi connectivity index (χ0n) is 12.1. The maximum atomic E-state index is 11.6. The minimum absolute atomic E-state index is 0.534. The largest absolute Gasteiger partial charge is 0.481 e. The van der Waals surface area contributed by atoms with Gasteiger partial charge in [-0.25, -0.2) is 0 Å². The van der Waals surface area contributed by atoms with Crippen molar-refractivity contribution in [3.05, 3.63) is 28.8 Å². The van der Waals surface area contributed by atoms with E-state index in [-0.39, 0.29) is 0 Å². The number of benzene rings is 1. The predicted octanol–water partition coefficient (Wildman–Crippen LogP) is 3.68. The zero-order valence-corrected chi connectivity index (χ0v) is 12.9. The molecule has 0 aliphatic carbocycles. The van der Waals surface area contributed by atoms with Crippen molar-refractivity contribution in [2.24, 2.45) is 5.41 Å². The maximum Gasteiger partial charge on any atom is 0.309 e. The summed E-state index contributed by atoms with van der Waals surface area (Å²) in [7, 11) is 0. The van der Waals surface area contributed by atoms with E-state index >= 15 is 0 Å². The summed E-state index contributed by atoms with van der Waals surface area (Å²) in [6, 6.07) is 7.30. The van der Waals surface area contributed by atoms with Crippen LogP contribution in [0.4, 0.5) is 5.69 Å². The molecule has 21 heavy (non-hydrogen) atoms. The van der Waals surface area contributed by atoms with Crippen molar-refractivity contribution < 1.29 is 9.90 Å². The van der Waals surface area contributed by atoms with Gasteiger partial charge in [-0.05, 0) is 37.5 Å². The first-order valence-electron chi connectivity index (χ1n) is 7.20. The van der Waals surface area contributed by atoms with Gasteiger partial charge in [-0.1, -0.05) is 24.9 Å². The third-order valence-electron chi connectivity index (χ3n) is 4.32. The van der Waals surface area contributed by atoms with E-state index in [0.29, 0.717) is 36.5 Å². The number of anilines is 1. The molecule has 0 unspecified atom stereocenters. The number of halogens is 1. The molecule has 0 amide bonds. The van der Waals surface area contributed by atoms with Crippen molar-refractivity contribution >= 4 is 23.3 Å². The SMILES string of the molecule is CCCC1(C(=O)O)CCN(c2ccc(C#N)cc2Cl)CC1. The maximum absolute atomic E-state index is 11.6. The van der Waals surface area contributed by atoms with Crippen LogP contribution in [0.25, 0.3) is 0 Å². The summed E-state index contributed by atoms with van der Waals surface area (Å²) in [6.07, 6.45) is 2.86. The van der Waals surface area contributed by atoms with E-state index in [1.807, 2.05) is 13.0 Å². The second kappa shape index (κ2) is 6.36. The molecule has 1 aliphatic rings. The van der Waals surface area contributed by atoms with Crippen LogP contribution in [-0.2, 0) is 4.79 Å². The zero-order chi connectivity index (χ0) is 15.5. The summed E-state index contributed by atoms with van der Waals surface area (Å²) in [6.45, 7) is 3.38. The van der Waals surface area contributed by atoms with Gasteiger partial charge in [0.25, 0.3) is 0 Å². The highest BCUT2D eigenvalue weighted by Gasteiger charge is 2.40. The fourth-order valence-corrected chi connectivity index (χ4v) is 3.36. The lowest BCUT2D eigenvalue weighted by Crippen LogP contribution is -2.44. The summed E-state index contributed by atoms with van der Waals surface area (Å²) < 4.78 is 0. The molecule has 2 rings (SSSR count). The monoisotopic (exact) mass is 306 g/mol. The van der Waals surface area contributed by atoms with E-state index in [4.69, 9.17) is 16.9 Å². The molecule has 1 aliphatic heterocycles. The normalized spacial score (nSPS) is 17.3. The minimum Gasteiger partial charge on any atom is -0.481 e. The van der Waals surface area contributed by atoms with E-state index in [0.717, 1.165) is 18.5 Å². The Balaban J connectivity index is 2.14. The average molecular weight is 307 g/mol. The Morgan fingerprint density at radius 1 is 1.48 bits per heavy atom. The molecular formula is C16H19ClN2O2. The minimum atomic E-state index is -0.685. The molecule has 0 aromatic heterocycles. The molecule has 5 heteroatoms. The van der Waals surface area contributed by atoms with Gasteiger partial charge in [0.2, 0.25) is 0 Å². The summed E-state index contributed by atoms with van der Waals surface area (Å²) >= 11 is 6.23. The lowest BCUT2D eigenvalue weighted by molar-refractivity contribution is -0.150. The van der Waals surface area contributed by atoms with Crippen LogP contribution in [0.15, 0.2) is 18.2 Å². The van der Waals surface area contributed by atoms with Gasteiger partial charge in [-0.15, -0.1) is 0 Å². The fourth-order valence-electron chi connectivity index (χ4n) is 3.06. The first-order valence-corrected chi connectivity index (χ1v) is 7.58. The second-order valence-electron chi connectivity index (χ2n) is 5.60. The Kier molecular flexibility index (Phi) is 4.74. The lowest BCUT2D eigenvalue weighted by Gasteiger charge is -2.40. The number of carboxylic acid groups (broad SMARTS) is 1. The van der Waals surface area contributed by atoms with E-state index < -0.39 is 11.4 Å². The molecule has 1 fully saturated rings. The van der Waals surface area contributed by atoms with Crippen molar-refractivity contribution in [2.75, 3.05) is 18.0 Å². The molecule has 1 aromatic carbocycles. The van der Waals surface area contributed by atoms with Crippen LogP contribution in [-0.4, -0.2) is 24.2 Å². The van der Waals surface area contributed by atoms with Crippen LogP contribution in [0.3, 0.4) is 0 Å². The van der Waals surface area contributed by atoms with Crippen molar-refractivity contribution in [2.45, 2.75) is 32.6 Å². The standard InChI is InChI=1S/C16H19ClN2O2/c1-2-5-16(15(20)21)6-8-19(9-7-16)14-4-3-12(11-18)10-13(14)17/h3-4,10H,2,5-9H2,1H3,(H,20,21). The predicted molar refractivity (Wildman–Crippen MR) is 82.6 cm³/mol. The fraction of sp³-hybridized carbons (Fsp3) is 0.500. The van der Waals surface area contributed by atoms with Crippen LogP contribution < -0.4 is 4.90 Å². The Hall–Kier alpha value is -1.73. The van der Waals surface area contributed by atoms with Crippen LogP contribution >= 0.6 is 11.6 Å². The number of hydrogen-bond donors (Lipinski definition) is 1. The molecular weight excluding hydrogens is 288 g/mol. The van der Waals surface area contributed by atoms with Gasteiger partial charge in [0.15, 0.2) is 0 Å². The van der Waals surface area contributed by atoms with Crippen molar-refractivity contribution in [1.82, 2.24) is 0 Å². The summed E-state index contributed by atoms with van der Waals surface area (Å²) in [4.78, 5) is 13.7. The summed E-state index contributed by atoms with van der Waals surface area (Å²) in [5.74, 6) is -0.685. The van der Waals surface area contributed by atoms with Gasteiger partial charge in [0.1, 0.15) is 0 Å². The third kappa shape index (κ3) is 3.14. The Labute approximate surface area is 129 Å². The number of piperidine rings is 1. The highest BCUT2D eigenvalue weighted by atomic mass is 35.5. The van der Waals surface area contributed by atoms with Gasteiger partial charge in [-0.3, -0.25) is 4.79 Å². The number of nitriles is 1. The molecule has 0 atom stereocenters. The number of carboxylic acids is 1. The van der Waals surface area contributed by atoms with Gasteiger partial charge < -0.3 is 10.0 Å². The summed E-state index contributed by atoms with van der Waals surface area (Å²) in [5.41, 5.74) is 0.822. The molecule has 0 bridgehead atoms. The first-order chi connectivity index (χ1) is 10.0. The molecule has 0 radical (unpaired) electrons. The van der Waals surface area contributed by atoms with Crippen LogP contribution in [0.5, 0.6) is 0 Å². The Bertz CT molecular complexity index is 572. The van der Waals surface area contributed by atoms with Gasteiger partial charge in [-0.2, -0.15) is 5.26 Å². The number of carbonyl (C=O) groups is 1. The third-order valence-corrected chi connectivity index (χ3v) is 4.62. The van der Waals surface area contributed by atoms with E-state index in [1.165, 1.54) is 0 Å². The van der Waals surface area contributed by atoms with Crippen molar-refractivity contribution in [3.8, 4) is 6.07 Å². The van der Waals surface area contributed by atoms with Crippen LogP contribution in [0.2, 0.25) is 5.02 Å². The molecule has 4 nitrogen and oxygen atoms in total. The van der Waals surface area contributed by atoms with Crippen LogP contribution in [0, 0.1) is 16.7 Å². The van der Waals surface area contributed by atoms with Gasteiger partial charge in [0.05, 0.1) is 27.8 Å². The number of aliphatic carboxylic acids is 1. The molecule has 1 heterocycles. The Morgan fingerprint density at radius 2 is 2.14 bits per heavy atom. The molecule has 0 spiro atoms. The lowest BCUT2D eigenvalue weighted by atomic mass is 9.75.